The molecule has 2 aliphatic heterocycles. The molecule has 0 aromatic carbocycles. The van der Waals surface area contributed by atoms with Crippen LogP contribution in [0.1, 0.15) is 26.2 Å². The maximum absolute atomic E-state index is 10.3. The average molecular weight is 231 g/mol. The summed E-state index contributed by atoms with van der Waals surface area (Å²) in [7, 11) is 0. The van der Waals surface area contributed by atoms with Crippen molar-refractivity contribution in [1.29, 1.82) is 0 Å². The summed E-state index contributed by atoms with van der Waals surface area (Å²) >= 11 is 2.03. The minimum atomic E-state index is -0.634. The summed E-state index contributed by atoms with van der Waals surface area (Å²) in [6, 6.07) is 0.600. The first kappa shape index (κ1) is 11.7. The first-order valence-corrected chi connectivity index (χ1v) is 7.01. The molecule has 2 unspecified atom stereocenters. The molecule has 2 N–H and O–H groups in total. The second-order valence-corrected chi connectivity index (χ2v) is 5.86. The fourth-order valence-electron chi connectivity index (χ4n) is 2.23. The van der Waals surface area contributed by atoms with E-state index in [4.69, 9.17) is 4.74 Å². The molecular weight excluding hydrogens is 210 g/mol. The highest BCUT2D eigenvalue weighted by atomic mass is 32.2. The van der Waals surface area contributed by atoms with Crippen LogP contribution in [0.5, 0.6) is 0 Å². The molecule has 0 aliphatic carbocycles. The average Bonchev–Trinajstić information content (AvgIpc) is 2.59. The van der Waals surface area contributed by atoms with Gasteiger partial charge in [0, 0.05) is 25.6 Å². The molecule has 2 rings (SSSR count). The Morgan fingerprint density at radius 1 is 1.47 bits per heavy atom. The molecule has 15 heavy (non-hydrogen) atoms. The molecule has 2 atom stereocenters. The highest BCUT2D eigenvalue weighted by Gasteiger charge is 2.39. The number of ether oxygens (including phenoxy) is 1. The van der Waals surface area contributed by atoms with Gasteiger partial charge in [0.25, 0.3) is 0 Å². The smallest absolute Gasteiger partial charge is 0.105 e. The van der Waals surface area contributed by atoms with Crippen LogP contribution in [-0.2, 0) is 4.74 Å². The van der Waals surface area contributed by atoms with Crippen molar-refractivity contribution in [3.8, 4) is 0 Å². The molecule has 0 radical (unpaired) electrons. The minimum absolute atomic E-state index is 0.0250. The first-order chi connectivity index (χ1) is 7.21. The van der Waals surface area contributed by atoms with Gasteiger partial charge < -0.3 is 15.2 Å². The van der Waals surface area contributed by atoms with Gasteiger partial charge in [-0.1, -0.05) is 0 Å². The van der Waals surface area contributed by atoms with Gasteiger partial charge in [-0.05, 0) is 31.3 Å². The molecule has 3 nitrogen and oxygen atoms in total. The van der Waals surface area contributed by atoms with Crippen molar-refractivity contribution in [3.63, 3.8) is 0 Å². The molecule has 2 aliphatic rings. The second-order valence-electron chi connectivity index (χ2n) is 4.63. The lowest BCUT2D eigenvalue weighted by molar-refractivity contribution is -0.0277. The third kappa shape index (κ3) is 2.87. The van der Waals surface area contributed by atoms with Gasteiger partial charge in [-0.25, -0.2) is 0 Å². The van der Waals surface area contributed by atoms with Gasteiger partial charge in [-0.15, -0.1) is 0 Å². The summed E-state index contributed by atoms with van der Waals surface area (Å²) in [5.41, 5.74) is -0.634. The SMILES string of the molecule is CC1OCCC1(O)CNC1CCSCC1. The Labute approximate surface area is 96.0 Å². The third-order valence-electron chi connectivity index (χ3n) is 3.58. The van der Waals surface area contributed by atoms with E-state index in [1.165, 1.54) is 24.3 Å². The molecule has 0 aromatic rings. The molecule has 0 bridgehead atoms. The number of aliphatic hydroxyl groups is 1. The van der Waals surface area contributed by atoms with E-state index in [1.54, 1.807) is 0 Å². The van der Waals surface area contributed by atoms with Crippen molar-refractivity contribution in [2.75, 3.05) is 24.7 Å². The third-order valence-corrected chi connectivity index (χ3v) is 4.63. The van der Waals surface area contributed by atoms with E-state index in [2.05, 4.69) is 5.32 Å². The van der Waals surface area contributed by atoms with Crippen LogP contribution >= 0.6 is 11.8 Å². The molecule has 2 fully saturated rings. The summed E-state index contributed by atoms with van der Waals surface area (Å²) in [4.78, 5) is 0. The number of nitrogens with one attached hydrogen (secondary N) is 1. The van der Waals surface area contributed by atoms with Crippen LogP contribution in [-0.4, -0.2) is 47.5 Å². The zero-order valence-electron chi connectivity index (χ0n) is 9.37. The molecule has 0 aromatic heterocycles. The van der Waals surface area contributed by atoms with E-state index in [1.807, 2.05) is 18.7 Å². The fourth-order valence-corrected chi connectivity index (χ4v) is 3.33. The summed E-state index contributed by atoms with van der Waals surface area (Å²) in [6.45, 7) is 3.34. The van der Waals surface area contributed by atoms with Gasteiger partial charge in [0.05, 0.1) is 6.10 Å². The molecular formula is C11H21NO2S. The summed E-state index contributed by atoms with van der Waals surface area (Å²) in [5.74, 6) is 2.50. The minimum Gasteiger partial charge on any atom is -0.386 e. The fraction of sp³-hybridized carbons (Fsp3) is 1.00. The van der Waals surface area contributed by atoms with Gasteiger partial charge in [0.1, 0.15) is 5.60 Å². The molecule has 88 valence electrons. The largest absolute Gasteiger partial charge is 0.386 e. The second kappa shape index (κ2) is 5.04. The van der Waals surface area contributed by atoms with E-state index < -0.39 is 5.60 Å². The Morgan fingerprint density at radius 2 is 2.20 bits per heavy atom. The number of hydrogen-bond donors (Lipinski definition) is 2. The van der Waals surface area contributed by atoms with Gasteiger partial charge in [-0.2, -0.15) is 11.8 Å². The van der Waals surface area contributed by atoms with E-state index in [-0.39, 0.29) is 6.10 Å². The van der Waals surface area contributed by atoms with E-state index in [0.717, 1.165) is 6.42 Å². The van der Waals surface area contributed by atoms with Crippen LogP contribution < -0.4 is 5.32 Å². The molecule has 0 spiro atoms. The summed E-state index contributed by atoms with van der Waals surface area (Å²) in [6.07, 6.45) is 3.21. The maximum atomic E-state index is 10.3. The van der Waals surface area contributed by atoms with E-state index >= 15 is 0 Å². The van der Waals surface area contributed by atoms with Gasteiger partial charge in [-0.3, -0.25) is 0 Å². The Bertz CT molecular complexity index is 209. The molecule has 2 saturated heterocycles. The van der Waals surface area contributed by atoms with Crippen molar-refractivity contribution in [3.05, 3.63) is 0 Å². The Kier molecular flexibility index (Phi) is 3.93. The predicted octanol–water partition coefficient (Wildman–Crippen LogP) is 1.01. The molecule has 4 heteroatoms. The number of hydrogen-bond acceptors (Lipinski definition) is 4. The summed E-state index contributed by atoms with van der Waals surface area (Å²) < 4.78 is 5.41. The van der Waals surface area contributed by atoms with Crippen LogP contribution in [0.25, 0.3) is 0 Å². The van der Waals surface area contributed by atoms with Crippen LogP contribution in [0.15, 0.2) is 0 Å². The van der Waals surface area contributed by atoms with Gasteiger partial charge in [0.2, 0.25) is 0 Å². The van der Waals surface area contributed by atoms with E-state index in [9.17, 15) is 5.11 Å². The lowest BCUT2D eigenvalue weighted by Gasteiger charge is -2.30. The summed E-state index contributed by atoms with van der Waals surface area (Å²) in [5, 5.41) is 13.8. The first-order valence-electron chi connectivity index (χ1n) is 5.86. The number of rotatable bonds is 3. The molecule has 2 heterocycles. The van der Waals surface area contributed by atoms with Crippen molar-refractivity contribution in [2.45, 2.75) is 43.9 Å². The normalized spacial score (nSPS) is 38.4. The van der Waals surface area contributed by atoms with Crippen molar-refractivity contribution in [1.82, 2.24) is 5.32 Å². The Morgan fingerprint density at radius 3 is 2.80 bits per heavy atom. The van der Waals surface area contributed by atoms with Gasteiger partial charge >= 0.3 is 0 Å². The zero-order valence-corrected chi connectivity index (χ0v) is 10.2. The van der Waals surface area contributed by atoms with Crippen LogP contribution in [0, 0.1) is 0 Å². The highest BCUT2D eigenvalue weighted by molar-refractivity contribution is 7.99. The van der Waals surface area contributed by atoms with E-state index in [0.29, 0.717) is 19.2 Å². The predicted molar refractivity (Wildman–Crippen MR) is 63.3 cm³/mol. The highest BCUT2D eigenvalue weighted by Crippen LogP contribution is 2.25. The monoisotopic (exact) mass is 231 g/mol. The lowest BCUT2D eigenvalue weighted by Crippen LogP contribution is -2.49. The zero-order chi connectivity index (χ0) is 10.7. The quantitative estimate of drug-likeness (QED) is 0.761. The van der Waals surface area contributed by atoms with Gasteiger partial charge in [0.15, 0.2) is 0 Å². The lowest BCUT2D eigenvalue weighted by atomic mass is 9.96. The van der Waals surface area contributed by atoms with Crippen LogP contribution in [0.4, 0.5) is 0 Å². The molecule has 0 amide bonds. The molecule has 0 saturated carbocycles. The van der Waals surface area contributed by atoms with Crippen LogP contribution in [0.3, 0.4) is 0 Å². The van der Waals surface area contributed by atoms with Crippen LogP contribution in [0.2, 0.25) is 0 Å². The Balaban J connectivity index is 1.76. The maximum Gasteiger partial charge on any atom is 0.105 e. The topological polar surface area (TPSA) is 41.5 Å². The van der Waals surface area contributed by atoms with Crippen molar-refractivity contribution in [2.24, 2.45) is 0 Å². The standard InChI is InChI=1S/C11H21NO2S/c1-9-11(13,4-5-14-9)8-12-10-2-6-15-7-3-10/h9-10,12-13H,2-8H2,1H3. The Hall–Kier alpha value is 0.230. The number of thioether (sulfide) groups is 1. The van der Waals surface area contributed by atoms with Crippen molar-refractivity contribution < 1.29 is 9.84 Å². The van der Waals surface area contributed by atoms with Crippen molar-refractivity contribution >= 4 is 11.8 Å².